The Labute approximate surface area is 178 Å². The van der Waals surface area contributed by atoms with Gasteiger partial charge in [-0.1, -0.05) is 108 Å². The quantitative estimate of drug-likeness (QED) is 0.353. The predicted molar refractivity (Wildman–Crippen MR) is 125 cm³/mol. The van der Waals surface area contributed by atoms with Crippen molar-refractivity contribution in [2.24, 2.45) is 0 Å². The van der Waals surface area contributed by atoms with E-state index in [0.29, 0.717) is 10.7 Å². The Balaban J connectivity index is 1.55. The third-order valence-corrected chi connectivity index (χ3v) is 5.98. The highest BCUT2D eigenvalue weighted by Gasteiger charge is 2.17. The molecule has 0 bridgehead atoms. The number of carbonyl (C=O) groups is 1. The summed E-state index contributed by atoms with van der Waals surface area (Å²) in [6.45, 7) is 0. The van der Waals surface area contributed by atoms with Crippen LogP contribution in [0.25, 0.3) is 32.5 Å². The number of nitrogens with zero attached hydrogens (tertiary/aromatic N) is 1. The van der Waals surface area contributed by atoms with Crippen molar-refractivity contribution in [1.29, 1.82) is 0 Å². The Morgan fingerprint density at radius 1 is 0.700 bits per heavy atom. The maximum absolute atomic E-state index is 13.1. The average molecular weight is 407 g/mol. The molecule has 1 N–H and O–H groups in total. The molecular weight excluding hydrogens is 388 g/mol. The van der Waals surface area contributed by atoms with E-state index in [0.717, 1.165) is 32.5 Å². The monoisotopic (exact) mass is 406 g/mol. The lowest BCUT2D eigenvalue weighted by Crippen LogP contribution is -2.12. The number of hydrogen-bond acceptors (Lipinski definition) is 3. The van der Waals surface area contributed by atoms with Crippen molar-refractivity contribution in [3.63, 3.8) is 0 Å². The Kier molecular flexibility index (Phi) is 4.83. The number of anilines is 1. The smallest absolute Gasteiger partial charge is 0.258 e. The summed E-state index contributed by atoms with van der Waals surface area (Å²) in [6, 6.07) is 33.9. The molecule has 5 aromatic rings. The third-order valence-electron chi connectivity index (χ3n) is 4.97. The molecule has 144 valence electrons. The molecule has 1 aromatic heterocycles. The van der Waals surface area contributed by atoms with E-state index in [1.165, 1.54) is 11.3 Å². The van der Waals surface area contributed by atoms with Crippen LogP contribution >= 0.6 is 11.3 Å². The second-order valence-corrected chi connectivity index (χ2v) is 7.91. The third kappa shape index (κ3) is 3.49. The SMILES string of the molecule is O=C(Nc1nc(-c2ccccc2)c(-c2ccccc2)s1)c1cccc2ccccc12. The summed E-state index contributed by atoms with van der Waals surface area (Å²) in [4.78, 5) is 18.9. The number of nitrogens with one attached hydrogen (secondary N) is 1. The van der Waals surface area contributed by atoms with Gasteiger partial charge < -0.3 is 0 Å². The minimum atomic E-state index is -0.153. The fraction of sp³-hybridized carbons (Fsp3) is 0. The van der Waals surface area contributed by atoms with E-state index in [2.05, 4.69) is 17.4 Å². The van der Waals surface area contributed by atoms with Gasteiger partial charge >= 0.3 is 0 Å². The van der Waals surface area contributed by atoms with Crippen molar-refractivity contribution in [2.45, 2.75) is 0 Å². The first-order valence-corrected chi connectivity index (χ1v) is 10.5. The minimum Gasteiger partial charge on any atom is -0.298 e. The van der Waals surface area contributed by atoms with Crippen LogP contribution in [-0.4, -0.2) is 10.9 Å². The molecule has 0 saturated carbocycles. The lowest BCUT2D eigenvalue weighted by molar-refractivity contribution is 0.102. The van der Waals surface area contributed by atoms with Gasteiger partial charge in [-0.3, -0.25) is 10.1 Å². The standard InChI is InChI=1S/C26H18N2OS/c29-25(22-17-9-15-18-10-7-8-16-21(18)22)28-26-27-23(19-11-3-1-4-12-19)24(30-26)20-13-5-2-6-14-20/h1-17H,(H,27,28,29). The number of hydrogen-bond donors (Lipinski definition) is 1. The maximum Gasteiger partial charge on any atom is 0.258 e. The van der Waals surface area contributed by atoms with Crippen LogP contribution in [0.1, 0.15) is 10.4 Å². The van der Waals surface area contributed by atoms with Gasteiger partial charge in [0.2, 0.25) is 0 Å². The first kappa shape index (κ1) is 18.3. The average Bonchev–Trinajstić information content (AvgIpc) is 3.23. The van der Waals surface area contributed by atoms with Crippen LogP contribution in [0.4, 0.5) is 5.13 Å². The molecule has 5 rings (SSSR count). The van der Waals surface area contributed by atoms with Crippen LogP contribution in [0.15, 0.2) is 103 Å². The number of carbonyl (C=O) groups excluding carboxylic acids is 1. The van der Waals surface area contributed by atoms with Crippen molar-refractivity contribution < 1.29 is 4.79 Å². The normalized spacial score (nSPS) is 10.8. The molecular formula is C26H18N2OS. The minimum absolute atomic E-state index is 0.153. The van der Waals surface area contributed by atoms with Crippen molar-refractivity contribution >= 4 is 33.1 Å². The van der Waals surface area contributed by atoms with Crippen LogP contribution in [0.2, 0.25) is 0 Å². The van der Waals surface area contributed by atoms with E-state index in [1.54, 1.807) is 0 Å². The highest BCUT2D eigenvalue weighted by Crippen LogP contribution is 2.39. The Bertz CT molecular complexity index is 1270. The fourth-order valence-electron chi connectivity index (χ4n) is 3.54. The van der Waals surface area contributed by atoms with E-state index in [9.17, 15) is 4.79 Å². The predicted octanol–water partition coefficient (Wildman–Crippen LogP) is 6.88. The van der Waals surface area contributed by atoms with Crippen LogP contribution in [0, 0.1) is 0 Å². The summed E-state index contributed by atoms with van der Waals surface area (Å²) in [7, 11) is 0. The van der Waals surface area contributed by atoms with Gasteiger partial charge in [0.05, 0.1) is 10.6 Å². The molecule has 0 saturated heterocycles. The fourth-order valence-corrected chi connectivity index (χ4v) is 4.53. The molecule has 0 spiro atoms. The summed E-state index contributed by atoms with van der Waals surface area (Å²) >= 11 is 1.49. The molecule has 1 heterocycles. The van der Waals surface area contributed by atoms with Gasteiger partial charge in [-0.15, -0.1) is 0 Å². The highest BCUT2D eigenvalue weighted by molar-refractivity contribution is 7.19. The molecule has 1 amide bonds. The second kappa shape index (κ2) is 7.93. The number of benzene rings is 4. The van der Waals surface area contributed by atoms with Gasteiger partial charge in [-0.05, 0) is 22.4 Å². The van der Waals surface area contributed by atoms with Crippen molar-refractivity contribution in [2.75, 3.05) is 5.32 Å². The van der Waals surface area contributed by atoms with Gasteiger partial charge in [0, 0.05) is 11.1 Å². The highest BCUT2D eigenvalue weighted by atomic mass is 32.1. The van der Waals surface area contributed by atoms with Crippen LogP contribution in [0.3, 0.4) is 0 Å². The number of fused-ring (bicyclic) bond motifs is 1. The molecule has 4 heteroatoms. The Hall–Kier alpha value is -3.76. The topological polar surface area (TPSA) is 42.0 Å². The van der Waals surface area contributed by atoms with Crippen molar-refractivity contribution in [3.05, 3.63) is 109 Å². The van der Waals surface area contributed by atoms with Crippen LogP contribution < -0.4 is 5.32 Å². The summed E-state index contributed by atoms with van der Waals surface area (Å²) in [6.07, 6.45) is 0. The van der Waals surface area contributed by atoms with Gasteiger partial charge in [0.15, 0.2) is 5.13 Å². The zero-order valence-electron chi connectivity index (χ0n) is 16.1. The van der Waals surface area contributed by atoms with E-state index >= 15 is 0 Å². The van der Waals surface area contributed by atoms with Gasteiger partial charge in [0.1, 0.15) is 0 Å². The second-order valence-electron chi connectivity index (χ2n) is 6.91. The van der Waals surface area contributed by atoms with E-state index in [1.807, 2.05) is 91.0 Å². The maximum atomic E-state index is 13.1. The van der Waals surface area contributed by atoms with E-state index in [-0.39, 0.29) is 5.91 Å². The Morgan fingerprint density at radius 2 is 1.33 bits per heavy atom. The molecule has 0 atom stereocenters. The summed E-state index contributed by atoms with van der Waals surface area (Å²) in [5.41, 5.74) is 3.63. The summed E-state index contributed by atoms with van der Waals surface area (Å²) in [5.74, 6) is -0.153. The lowest BCUT2D eigenvalue weighted by Gasteiger charge is -2.06. The molecule has 30 heavy (non-hydrogen) atoms. The van der Waals surface area contributed by atoms with E-state index < -0.39 is 0 Å². The van der Waals surface area contributed by atoms with E-state index in [4.69, 9.17) is 4.98 Å². The lowest BCUT2D eigenvalue weighted by atomic mass is 10.0. The molecule has 0 fully saturated rings. The largest absolute Gasteiger partial charge is 0.298 e. The van der Waals surface area contributed by atoms with Gasteiger partial charge in [0.25, 0.3) is 5.91 Å². The molecule has 0 aliphatic rings. The van der Waals surface area contributed by atoms with Crippen LogP contribution in [-0.2, 0) is 0 Å². The zero-order valence-corrected chi connectivity index (χ0v) is 16.9. The van der Waals surface area contributed by atoms with Crippen molar-refractivity contribution in [1.82, 2.24) is 4.98 Å². The zero-order chi connectivity index (χ0) is 20.3. The van der Waals surface area contributed by atoms with Crippen LogP contribution in [0.5, 0.6) is 0 Å². The first-order valence-electron chi connectivity index (χ1n) is 9.70. The summed E-state index contributed by atoms with van der Waals surface area (Å²) in [5, 5.41) is 5.58. The number of thiazole rings is 1. The van der Waals surface area contributed by atoms with Gasteiger partial charge in [-0.25, -0.2) is 4.98 Å². The summed E-state index contributed by atoms with van der Waals surface area (Å²) < 4.78 is 0. The number of amides is 1. The molecule has 0 aliphatic heterocycles. The van der Waals surface area contributed by atoms with Gasteiger partial charge in [-0.2, -0.15) is 0 Å². The molecule has 4 aromatic carbocycles. The number of rotatable bonds is 4. The first-order chi connectivity index (χ1) is 14.8. The molecule has 0 aliphatic carbocycles. The molecule has 3 nitrogen and oxygen atoms in total. The Morgan fingerprint density at radius 3 is 2.10 bits per heavy atom. The molecule has 0 radical (unpaired) electrons. The van der Waals surface area contributed by atoms with Crippen molar-refractivity contribution in [3.8, 4) is 21.7 Å². The molecule has 0 unspecified atom stereocenters. The number of aromatic nitrogens is 1.